The molecule has 116 valence electrons. The minimum atomic E-state index is -0.218. The Morgan fingerprint density at radius 1 is 1.48 bits per heavy atom. The molecule has 1 amide bonds. The third-order valence-corrected chi connectivity index (χ3v) is 4.19. The van der Waals surface area contributed by atoms with E-state index in [9.17, 15) is 4.79 Å². The van der Waals surface area contributed by atoms with Crippen LogP contribution in [0.4, 0.5) is 11.4 Å². The Hall–Kier alpha value is -1.59. The molecule has 1 atom stereocenters. The van der Waals surface area contributed by atoms with E-state index in [1.807, 2.05) is 32.0 Å². The van der Waals surface area contributed by atoms with Crippen LogP contribution in [-0.4, -0.2) is 42.1 Å². The Labute approximate surface area is 126 Å². The van der Waals surface area contributed by atoms with Crippen molar-refractivity contribution in [3.63, 3.8) is 0 Å². The number of nitrogens with one attached hydrogen (secondary N) is 1. The second kappa shape index (κ2) is 6.03. The SMILES string of the molecule is Cc1c(N)cccc1NC(=O)C(C)N1CCOCC1(C)C. The molecule has 1 heterocycles. The quantitative estimate of drug-likeness (QED) is 0.836. The highest BCUT2D eigenvalue weighted by Gasteiger charge is 2.36. The van der Waals surface area contributed by atoms with Crippen molar-refractivity contribution in [2.24, 2.45) is 0 Å². The van der Waals surface area contributed by atoms with Crippen LogP contribution >= 0.6 is 0 Å². The van der Waals surface area contributed by atoms with Crippen molar-refractivity contribution in [1.82, 2.24) is 4.90 Å². The van der Waals surface area contributed by atoms with Gasteiger partial charge in [0.1, 0.15) is 0 Å². The molecule has 1 aromatic rings. The molecule has 2 rings (SSSR count). The molecule has 0 bridgehead atoms. The van der Waals surface area contributed by atoms with Gasteiger partial charge in [0, 0.05) is 23.5 Å². The minimum Gasteiger partial charge on any atom is -0.398 e. The number of benzene rings is 1. The molecular formula is C16H25N3O2. The number of carbonyl (C=O) groups excluding carboxylic acids is 1. The maximum absolute atomic E-state index is 12.5. The highest BCUT2D eigenvalue weighted by molar-refractivity contribution is 5.95. The molecule has 3 N–H and O–H groups in total. The second-order valence-corrected chi connectivity index (χ2v) is 6.24. The maximum atomic E-state index is 12.5. The molecule has 0 saturated carbocycles. The summed E-state index contributed by atoms with van der Waals surface area (Å²) in [6.07, 6.45) is 0. The first kappa shape index (κ1) is 15.8. The zero-order chi connectivity index (χ0) is 15.6. The lowest BCUT2D eigenvalue weighted by Gasteiger charge is -2.44. The van der Waals surface area contributed by atoms with E-state index in [1.165, 1.54) is 0 Å². The van der Waals surface area contributed by atoms with Crippen LogP contribution in [0.5, 0.6) is 0 Å². The number of hydrogen-bond acceptors (Lipinski definition) is 4. The van der Waals surface area contributed by atoms with Crippen LogP contribution in [0.3, 0.4) is 0 Å². The van der Waals surface area contributed by atoms with Crippen molar-refractivity contribution < 1.29 is 9.53 Å². The fourth-order valence-corrected chi connectivity index (χ4v) is 2.76. The van der Waals surface area contributed by atoms with Gasteiger partial charge in [0.05, 0.1) is 19.3 Å². The van der Waals surface area contributed by atoms with Gasteiger partial charge in [-0.05, 0) is 45.4 Å². The normalized spacial score (nSPS) is 20.0. The van der Waals surface area contributed by atoms with E-state index in [0.717, 1.165) is 17.8 Å². The van der Waals surface area contributed by atoms with Crippen LogP contribution in [0.1, 0.15) is 26.3 Å². The van der Waals surface area contributed by atoms with Gasteiger partial charge in [0.2, 0.25) is 5.91 Å². The van der Waals surface area contributed by atoms with Gasteiger partial charge in [-0.25, -0.2) is 0 Å². The molecular weight excluding hydrogens is 266 g/mol. The fraction of sp³-hybridized carbons (Fsp3) is 0.562. The van der Waals surface area contributed by atoms with Crippen molar-refractivity contribution >= 4 is 17.3 Å². The Bertz CT molecular complexity index is 528. The van der Waals surface area contributed by atoms with E-state index in [-0.39, 0.29) is 17.5 Å². The molecule has 1 saturated heterocycles. The summed E-state index contributed by atoms with van der Waals surface area (Å²) < 4.78 is 5.51. The lowest BCUT2D eigenvalue weighted by molar-refractivity contribution is -0.129. The summed E-state index contributed by atoms with van der Waals surface area (Å²) in [5.41, 5.74) is 8.11. The number of nitrogens with zero attached hydrogens (tertiary/aromatic N) is 1. The van der Waals surface area contributed by atoms with Crippen LogP contribution in [-0.2, 0) is 9.53 Å². The molecule has 21 heavy (non-hydrogen) atoms. The van der Waals surface area contributed by atoms with Gasteiger partial charge in [-0.2, -0.15) is 0 Å². The van der Waals surface area contributed by atoms with Gasteiger partial charge in [-0.1, -0.05) is 6.07 Å². The second-order valence-electron chi connectivity index (χ2n) is 6.24. The van der Waals surface area contributed by atoms with Crippen LogP contribution in [0.15, 0.2) is 18.2 Å². The number of carbonyl (C=O) groups is 1. The monoisotopic (exact) mass is 291 g/mol. The standard InChI is InChI=1S/C16H25N3O2/c1-11-13(17)6-5-7-14(11)18-15(20)12(2)19-8-9-21-10-16(19,3)4/h5-7,12H,8-10,17H2,1-4H3,(H,18,20). The highest BCUT2D eigenvalue weighted by atomic mass is 16.5. The zero-order valence-corrected chi connectivity index (χ0v) is 13.3. The average Bonchev–Trinajstić information content (AvgIpc) is 2.42. The molecule has 1 aromatic carbocycles. The number of rotatable bonds is 3. The predicted molar refractivity (Wildman–Crippen MR) is 85.3 cm³/mol. The van der Waals surface area contributed by atoms with Crippen LogP contribution in [0, 0.1) is 6.92 Å². The molecule has 5 heteroatoms. The number of morpholine rings is 1. The Morgan fingerprint density at radius 2 is 2.19 bits per heavy atom. The smallest absolute Gasteiger partial charge is 0.241 e. The van der Waals surface area contributed by atoms with Gasteiger partial charge < -0.3 is 15.8 Å². The topological polar surface area (TPSA) is 67.6 Å². The van der Waals surface area contributed by atoms with E-state index >= 15 is 0 Å². The molecule has 0 aliphatic carbocycles. The largest absolute Gasteiger partial charge is 0.398 e. The molecule has 1 aliphatic rings. The van der Waals surface area contributed by atoms with Gasteiger partial charge in [-0.3, -0.25) is 9.69 Å². The van der Waals surface area contributed by atoms with Crippen molar-refractivity contribution in [2.75, 3.05) is 30.8 Å². The number of nitrogen functional groups attached to an aromatic ring is 1. The molecule has 0 aromatic heterocycles. The number of ether oxygens (including phenoxy) is 1. The predicted octanol–water partition coefficient (Wildman–Crippen LogP) is 2.02. The molecule has 0 radical (unpaired) electrons. The van der Waals surface area contributed by atoms with Crippen LogP contribution in [0.25, 0.3) is 0 Å². The lowest BCUT2D eigenvalue weighted by atomic mass is 9.99. The van der Waals surface area contributed by atoms with Gasteiger partial charge in [0.25, 0.3) is 0 Å². The Kier molecular flexibility index (Phi) is 4.54. The summed E-state index contributed by atoms with van der Waals surface area (Å²) in [6.45, 7) is 10.1. The van der Waals surface area contributed by atoms with Gasteiger partial charge in [-0.15, -0.1) is 0 Å². The van der Waals surface area contributed by atoms with Crippen molar-refractivity contribution in [2.45, 2.75) is 39.3 Å². The first-order valence-electron chi connectivity index (χ1n) is 7.33. The minimum absolute atomic E-state index is 0.0151. The van der Waals surface area contributed by atoms with Gasteiger partial charge >= 0.3 is 0 Å². The fourth-order valence-electron chi connectivity index (χ4n) is 2.76. The van der Waals surface area contributed by atoms with Crippen molar-refractivity contribution in [1.29, 1.82) is 0 Å². The molecule has 5 nitrogen and oxygen atoms in total. The molecule has 1 unspecified atom stereocenters. The number of hydrogen-bond donors (Lipinski definition) is 2. The lowest BCUT2D eigenvalue weighted by Crippen LogP contribution is -2.59. The molecule has 0 spiro atoms. The number of nitrogens with two attached hydrogens (primary N) is 1. The summed E-state index contributed by atoms with van der Waals surface area (Å²) in [6, 6.07) is 5.34. The Balaban J connectivity index is 2.11. The van der Waals surface area contributed by atoms with E-state index in [2.05, 4.69) is 24.1 Å². The molecule has 1 aliphatic heterocycles. The summed E-state index contributed by atoms with van der Waals surface area (Å²) in [5, 5.41) is 2.98. The first-order valence-corrected chi connectivity index (χ1v) is 7.33. The average molecular weight is 291 g/mol. The third-order valence-electron chi connectivity index (χ3n) is 4.19. The summed E-state index contributed by atoms with van der Waals surface area (Å²) in [4.78, 5) is 14.7. The zero-order valence-electron chi connectivity index (χ0n) is 13.3. The van der Waals surface area contributed by atoms with E-state index in [1.54, 1.807) is 0 Å². The van der Waals surface area contributed by atoms with E-state index in [0.29, 0.717) is 18.9 Å². The summed E-state index contributed by atoms with van der Waals surface area (Å²) in [7, 11) is 0. The van der Waals surface area contributed by atoms with Gasteiger partial charge in [0.15, 0.2) is 0 Å². The third kappa shape index (κ3) is 3.36. The van der Waals surface area contributed by atoms with E-state index in [4.69, 9.17) is 10.5 Å². The summed E-state index contributed by atoms with van der Waals surface area (Å²) >= 11 is 0. The van der Waals surface area contributed by atoms with Crippen molar-refractivity contribution in [3.8, 4) is 0 Å². The van der Waals surface area contributed by atoms with Crippen LogP contribution < -0.4 is 11.1 Å². The van der Waals surface area contributed by atoms with E-state index < -0.39 is 0 Å². The first-order chi connectivity index (χ1) is 9.83. The maximum Gasteiger partial charge on any atom is 0.241 e. The highest BCUT2D eigenvalue weighted by Crippen LogP contribution is 2.24. The number of amides is 1. The summed E-state index contributed by atoms with van der Waals surface area (Å²) in [5.74, 6) is -0.0151. The number of anilines is 2. The molecule has 1 fully saturated rings. The van der Waals surface area contributed by atoms with Crippen LogP contribution in [0.2, 0.25) is 0 Å². The van der Waals surface area contributed by atoms with Crippen molar-refractivity contribution in [3.05, 3.63) is 23.8 Å². The Morgan fingerprint density at radius 3 is 2.86 bits per heavy atom.